The lowest BCUT2D eigenvalue weighted by Crippen LogP contribution is -2.58. The number of benzene rings is 2. The van der Waals surface area contributed by atoms with Gasteiger partial charge in [0.15, 0.2) is 6.17 Å². The molecule has 1 aliphatic heterocycles. The maximum atomic E-state index is 13.7. The molecule has 0 bridgehead atoms. The van der Waals surface area contributed by atoms with Crippen molar-refractivity contribution >= 4 is 82.0 Å². The first-order valence-electron chi connectivity index (χ1n) is 11.6. The van der Waals surface area contributed by atoms with Gasteiger partial charge in [0.2, 0.25) is 0 Å². The van der Waals surface area contributed by atoms with Crippen LogP contribution < -0.4 is 15.6 Å². The number of halogens is 4. The van der Waals surface area contributed by atoms with E-state index in [1.165, 1.54) is 53.8 Å². The summed E-state index contributed by atoms with van der Waals surface area (Å²) in [5.74, 6) is -0.226. The van der Waals surface area contributed by atoms with Crippen LogP contribution in [0.3, 0.4) is 0 Å². The van der Waals surface area contributed by atoms with Crippen LogP contribution in [0.15, 0.2) is 64.3 Å². The first-order chi connectivity index (χ1) is 18.9. The van der Waals surface area contributed by atoms with Gasteiger partial charge in [-0.3, -0.25) is 14.9 Å². The van der Waals surface area contributed by atoms with E-state index < -0.39 is 36.2 Å². The summed E-state index contributed by atoms with van der Waals surface area (Å²) in [6, 6.07) is 10.4. The Morgan fingerprint density at radius 3 is 2.38 bits per heavy atom. The van der Waals surface area contributed by atoms with E-state index in [0.717, 1.165) is 4.90 Å². The van der Waals surface area contributed by atoms with Crippen LogP contribution in [0, 0.1) is 0 Å². The third-order valence-electron chi connectivity index (χ3n) is 6.03. The van der Waals surface area contributed by atoms with Gasteiger partial charge >= 0.3 is 12.1 Å². The molecule has 2 heterocycles. The van der Waals surface area contributed by atoms with E-state index >= 15 is 0 Å². The highest BCUT2D eigenvalue weighted by Crippen LogP contribution is 2.39. The largest absolute Gasteiger partial charge is 0.463 e. The molecule has 0 unspecified atom stereocenters. The number of nitrogens with zero attached hydrogens (tertiary/aromatic N) is 4. The van der Waals surface area contributed by atoms with Crippen LogP contribution in [0.4, 0.5) is 21.0 Å². The van der Waals surface area contributed by atoms with E-state index in [1.54, 1.807) is 26.0 Å². The zero-order valence-electron chi connectivity index (χ0n) is 20.9. The van der Waals surface area contributed by atoms with Gasteiger partial charge in [-0.15, -0.1) is 0 Å². The summed E-state index contributed by atoms with van der Waals surface area (Å²) < 4.78 is 5.12. The summed E-state index contributed by atoms with van der Waals surface area (Å²) >= 11 is 24.2. The highest BCUT2D eigenvalue weighted by atomic mass is 35.5. The number of rotatable bonds is 7. The average Bonchev–Trinajstić information content (AvgIpc) is 3.48. The molecule has 1 atom stereocenters. The van der Waals surface area contributed by atoms with Crippen molar-refractivity contribution in [1.82, 2.24) is 15.4 Å². The molecule has 15 heteroatoms. The highest BCUT2D eigenvalue weighted by molar-refractivity contribution is 6.42. The van der Waals surface area contributed by atoms with Crippen molar-refractivity contribution in [2.45, 2.75) is 25.6 Å². The molecule has 210 valence electrons. The van der Waals surface area contributed by atoms with Crippen LogP contribution in [-0.4, -0.2) is 57.6 Å². The second-order valence-corrected chi connectivity index (χ2v) is 10.7. The van der Waals surface area contributed by atoms with Crippen molar-refractivity contribution in [2.75, 3.05) is 16.8 Å². The Labute approximate surface area is 248 Å². The van der Waals surface area contributed by atoms with E-state index in [9.17, 15) is 19.6 Å². The Morgan fingerprint density at radius 2 is 1.75 bits per heavy atom. The molecule has 5 amide bonds. The maximum Gasteiger partial charge on any atom is 0.347 e. The minimum Gasteiger partial charge on any atom is -0.463 e. The van der Waals surface area contributed by atoms with E-state index in [-0.39, 0.29) is 31.5 Å². The molecule has 0 saturated carbocycles. The number of hydrogen-bond acceptors (Lipinski definition) is 6. The number of furan rings is 1. The molecule has 0 aliphatic carbocycles. The fourth-order valence-corrected chi connectivity index (χ4v) is 4.67. The third-order valence-corrected chi connectivity index (χ3v) is 7.51. The van der Waals surface area contributed by atoms with E-state index in [1.807, 2.05) is 0 Å². The van der Waals surface area contributed by atoms with Gasteiger partial charge in [0, 0.05) is 11.4 Å². The number of nitrogens with one attached hydrogen (secondary N) is 2. The Kier molecular flexibility index (Phi) is 8.81. The molecule has 1 fully saturated rings. The summed E-state index contributed by atoms with van der Waals surface area (Å²) in [4.78, 5) is 41.9. The van der Waals surface area contributed by atoms with Crippen molar-refractivity contribution in [3.05, 3.63) is 80.6 Å². The van der Waals surface area contributed by atoms with Gasteiger partial charge in [-0.25, -0.2) is 15.0 Å². The fraction of sp³-hybridized carbons (Fsp3) is 0.200. The van der Waals surface area contributed by atoms with Crippen molar-refractivity contribution in [2.24, 2.45) is 5.10 Å². The Bertz CT molecular complexity index is 1470. The fourth-order valence-electron chi connectivity index (χ4n) is 4.08. The summed E-state index contributed by atoms with van der Waals surface area (Å²) in [5.41, 5.74) is 1.47. The van der Waals surface area contributed by atoms with Crippen LogP contribution in [0.25, 0.3) is 0 Å². The number of amides is 5. The number of anilines is 2. The van der Waals surface area contributed by atoms with Crippen molar-refractivity contribution in [1.29, 1.82) is 0 Å². The van der Waals surface area contributed by atoms with Gasteiger partial charge in [0.25, 0.3) is 5.91 Å². The van der Waals surface area contributed by atoms with Crippen LogP contribution in [0.1, 0.15) is 19.6 Å². The predicted molar refractivity (Wildman–Crippen MR) is 152 cm³/mol. The quantitative estimate of drug-likeness (QED) is 0.160. The highest BCUT2D eigenvalue weighted by Gasteiger charge is 2.56. The Balaban J connectivity index is 1.63. The van der Waals surface area contributed by atoms with Crippen molar-refractivity contribution in [3.8, 4) is 0 Å². The van der Waals surface area contributed by atoms with Crippen LogP contribution >= 0.6 is 46.4 Å². The lowest BCUT2D eigenvalue weighted by molar-refractivity contribution is -0.124. The van der Waals surface area contributed by atoms with E-state index in [0.29, 0.717) is 10.8 Å². The number of hydrogen-bond donors (Lipinski definition) is 3. The predicted octanol–water partition coefficient (Wildman–Crippen LogP) is 6.31. The molecule has 1 aliphatic rings. The SMILES string of the molecule is CC1(C)[C@@H](N(O)C(=O)Nc2ccc(Cl)c(Cl)c2)N(c2ccc(Cl)c(Cl)c2)C(=O)N1CC(=O)NN=Cc1ccco1. The van der Waals surface area contributed by atoms with Crippen LogP contribution in [0.5, 0.6) is 0 Å². The van der Waals surface area contributed by atoms with Gasteiger partial charge < -0.3 is 14.6 Å². The summed E-state index contributed by atoms with van der Waals surface area (Å²) in [6.45, 7) is 2.71. The number of carbonyl (C=O) groups is 3. The molecule has 3 N–H and O–H groups in total. The molecule has 3 aromatic rings. The Hall–Kier alpha value is -3.48. The molecular formula is C25H22Cl4N6O5. The number of hydrazone groups is 1. The van der Waals surface area contributed by atoms with Gasteiger partial charge in [0.05, 0.1) is 38.1 Å². The molecule has 11 nitrogen and oxygen atoms in total. The van der Waals surface area contributed by atoms with E-state index in [2.05, 4.69) is 15.8 Å². The molecule has 1 aromatic heterocycles. The summed E-state index contributed by atoms with van der Waals surface area (Å²) in [5, 5.41) is 18.7. The summed E-state index contributed by atoms with van der Waals surface area (Å²) in [6.07, 6.45) is 1.41. The minimum atomic E-state index is -1.33. The van der Waals surface area contributed by atoms with Crippen molar-refractivity contribution in [3.63, 3.8) is 0 Å². The van der Waals surface area contributed by atoms with Crippen LogP contribution in [-0.2, 0) is 4.79 Å². The second-order valence-electron chi connectivity index (χ2n) is 9.08. The van der Waals surface area contributed by atoms with Gasteiger partial charge in [-0.2, -0.15) is 10.2 Å². The molecule has 2 aromatic carbocycles. The number of carbonyl (C=O) groups excluding carboxylic acids is 3. The second kappa shape index (κ2) is 11.9. The molecule has 40 heavy (non-hydrogen) atoms. The lowest BCUT2D eigenvalue weighted by Gasteiger charge is -2.38. The van der Waals surface area contributed by atoms with E-state index in [4.69, 9.17) is 50.8 Å². The van der Waals surface area contributed by atoms with Gasteiger partial charge in [-0.05, 0) is 62.4 Å². The lowest BCUT2D eigenvalue weighted by atomic mass is 9.99. The first-order valence-corrected chi connectivity index (χ1v) is 13.1. The molecule has 0 radical (unpaired) electrons. The van der Waals surface area contributed by atoms with Crippen molar-refractivity contribution < 1.29 is 24.0 Å². The molecule has 0 spiro atoms. The number of urea groups is 2. The monoisotopic (exact) mass is 626 g/mol. The number of hydroxylamine groups is 2. The van der Waals surface area contributed by atoms with Gasteiger partial charge in [-0.1, -0.05) is 46.4 Å². The third kappa shape index (κ3) is 6.13. The molecule has 1 saturated heterocycles. The van der Waals surface area contributed by atoms with Crippen LogP contribution in [0.2, 0.25) is 20.1 Å². The standard InChI is InChI=1S/C25H22Cl4N6O5/c1-25(2)22(35(39)23(37)31-14-5-7-17(26)19(28)10-14)34(15-6-8-18(27)20(29)11-15)24(38)33(25)13-21(36)32-30-12-16-4-3-9-40-16/h3-12,22,39H,13H2,1-2H3,(H,31,37)(H,32,36)/t22-/m1/s1. The minimum absolute atomic E-state index is 0.136. The maximum absolute atomic E-state index is 13.7. The smallest absolute Gasteiger partial charge is 0.347 e. The zero-order chi connectivity index (χ0) is 29.2. The first kappa shape index (κ1) is 29.5. The topological polar surface area (TPSA) is 131 Å². The normalized spacial score (nSPS) is 16.5. The zero-order valence-corrected chi connectivity index (χ0v) is 24.0. The Morgan fingerprint density at radius 1 is 1.07 bits per heavy atom. The molecular weight excluding hydrogens is 606 g/mol. The summed E-state index contributed by atoms with van der Waals surface area (Å²) in [7, 11) is 0. The molecule has 4 rings (SSSR count). The van der Waals surface area contributed by atoms with Gasteiger partial charge in [0.1, 0.15) is 12.3 Å². The average molecular weight is 628 g/mol.